The zero-order valence-electron chi connectivity index (χ0n) is 15.6. The first-order valence-electron chi connectivity index (χ1n) is 9.01. The Balaban J connectivity index is 2.16. The number of aldehydes is 1. The fraction of sp³-hybridized carbons (Fsp3) is 0.318. The van der Waals surface area contributed by atoms with Gasteiger partial charge in [0.15, 0.2) is 0 Å². The Hall–Kier alpha value is -2.62. The number of benzene rings is 2. The summed E-state index contributed by atoms with van der Waals surface area (Å²) in [7, 11) is 2.13. The first kappa shape index (κ1) is 16.8. The number of hydrogen-bond donors (Lipinski definition) is 0. The maximum absolute atomic E-state index is 13.5. The molecule has 1 aliphatic heterocycles. The van der Waals surface area contributed by atoms with E-state index >= 15 is 0 Å². The fourth-order valence-electron chi connectivity index (χ4n) is 4.35. The number of likely N-dealkylation sites (N-methyl/N-ethyl adjacent to an activating group) is 1. The van der Waals surface area contributed by atoms with Gasteiger partial charge in [-0.2, -0.15) is 0 Å². The van der Waals surface area contributed by atoms with E-state index in [-0.39, 0.29) is 5.82 Å². The molecule has 0 radical (unpaired) electrons. The van der Waals surface area contributed by atoms with Gasteiger partial charge in [-0.15, -0.1) is 0 Å². The largest absolute Gasteiger partial charge is 0.368 e. The summed E-state index contributed by atoms with van der Waals surface area (Å²) >= 11 is 0. The molecule has 0 aliphatic carbocycles. The second kappa shape index (κ2) is 5.97. The molecule has 1 atom stereocenters. The van der Waals surface area contributed by atoms with Crippen LogP contribution < -0.4 is 4.90 Å². The molecule has 1 unspecified atom stereocenters. The van der Waals surface area contributed by atoms with E-state index in [9.17, 15) is 9.18 Å². The third kappa shape index (κ3) is 2.28. The van der Waals surface area contributed by atoms with Gasteiger partial charge in [0.1, 0.15) is 12.1 Å². The van der Waals surface area contributed by atoms with Crippen molar-refractivity contribution in [2.24, 2.45) is 0 Å². The molecule has 0 fully saturated rings. The van der Waals surface area contributed by atoms with Crippen LogP contribution in [-0.4, -0.2) is 23.9 Å². The van der Waals surface area contributed by atoms with E-state index in [1.165, 1.54) is 29.0 Å². The molecule has 4 rings (SSSR count). The molecule has 134 valence electrons. The quantitative estimate of drug-likeness (QED) is 0.643. The topological polar surface area (TPSA) is 25.2 Å². The van der Waals surface area contributed by atoms with E-state index in [0.717, 1.165) is 40.5 Å². The van der Waals surface area contributed by atoms with Gasteiger partial charge in [-0.25, -0.2) is 4.39 Å². The maximum atomic E-state index is 13.5. The molecule has 1 aromatic heterocycles. The molecular weight excluding hydrogens is 327 g/mol. The molecule has 2 heterocycles. The highest BCUT2D eigenvalue weighted by atomic mass is 19.1. The van der Waals surface area contributed by atoms with Crippen molar-refractivity contribution in [2.75, 3.05) is 11.9 Å². The van der Waals surface area contributed by atoms with Crippen LogP contribution in [-0.2, 0) is 17.8 Å². The normalized spacial score (nSPS) is 16.3. The highest BCUT2D eigenvalue weighted by Gasteiger charge is 2.29. The molecule has 3 aromatic rings. The van der Waals surface area contributed by atoms with Gasteiger partial charge in [-0.1, -0.05) is 12.1 Å². The highest BCUT2D eigenvalue weighted by molar-refractivity contribution is 6.07. The van der Waals surface area contributed by atoms with Crippen LogP contribution in [0.5, 0.6) is 0 Å². The summed E-state index contributed by atoms with van der Waals surface area (Å²) in [6.07, 6.45) is 1.32. The molecule has 4 heteroatoms. The third-order valence-corrected chi connectivity index (χ3v) is 5.79. The summed E-state index contributed by atoms with van der Waals surface area (Å²) in [6, 6.07) is 9.18. The number of halogens is 1. The lowest BCUT2D eigenvalue weighted by atomic mass is 9.88. The molecule has 1 aliphatic rings. The zero-order valence-corrected chi connectivity index (χ0v) is 15.6. The predicted octanol–water partition coefficient (Wildman–Crippen LogP) is 4.64. The van der Waals surface area contributed by atoms with Crippen LogP contribution in [0.1, 0.15) is 23.7 Å². The average Bonchev–Trinajstić information content (AvgIpc) is 2.92. The lowest BCUT2D eigenvalue weighted by Crippen LogP contribution is -2.37. The van der Waals surface area contributed by atoms with Gasteiger partial charge in [0.2, 0.25) is 0 Å². The van der Waals surface area contributed by atoms with Gasteiger partial charge in [0.25, 0.3) is 0 Å². The molecule has 0 saturated heterocycles. The van der Waals surface area contributed by atoms with E-state index < -0.39 is 0 Å². The van der Waals surface area contributed by atoms with Crippen LogP contribution in [0.2, 0.25) is 0 Å². The van der Waals surface area contributed by atoms with Crippen LogP contribution in [0, 0.1) is 19.7 Å². The molecule has 0 bridgehead atoms. The number of hydrogen-bond acceptors (Lipinski definition) is 2. The molecule has 0 amide bonds. The predicted molar refractivity (Wildman–Crippen MR) is 104 cm³/mol. The minimum Gasteiger partial charge on any atom is -0.368 e. The van der Waals surface area contributed by atoms with Crippen LogP contribution in [0.25, 0.3) is 22.0 Å². The lowest BCUT2D eigenvalue weighted by Gasteiger charge is -2.36. The van der Waals surface area contributed by atoms with Crippen molar-refractivity contribution in [3.8, 4) is 11.1 Å². The lowest BCUT2D eigenvalue weighted by molar-refractivity contribution is -0.107. The minimum atomic E-state index is -0.251. The van der Waals surface area contributed by atoms with Crippen LogP contribution in [0.3, 0.4) is 0 Å². The smallest absolute Gasteiger partial charge is 0.124 e. The zero-order chi connectivity index (χ0) is 18.6. The van der Waals surface area contributed by atoms with Crippen molar-refractivity contribution in [1.82, 2.24) is 4.57 Å². The van der Waals surface area contributed by atoms with Crippen molar-refractivity contribution >= 4 is 22.9 Å². The van der Waals surface area contributed by atoms with Gasteiger partial charge in [-0.05, 0) is 61.2 Å². The molecule has 0 N–H and O–H groups in total. The third-order valence-electron chi connectivity index (χ3n) is 5.79. The number of nitrogens with zero attached hydrogens (tertiary/aromatic N) is 2. The number of aryl methyl sites for hydroxylation is 1. The first-order valence-corrected chi connectivity index (χ1v) is 9.01. The van der Waals surface area contributed by atoms with Crippen molar-refractivity contribution < 1.29 is 9.18 Å². The van der Waals surface area contributed by atoms with E-state index in [0.29, 0.717) is 12.5 Å². The number of aromatic nitrogens is 1. The van der Waals surface area contributed by atoms with Gasteiger partial charge in [0.05, 0.1) is 11.2 Å². The minimum absolute atomic E-state index is 0.251. The monoisotopic (exact) mass is 350 g/mol. The fourth-order valence-corrected chi connectivity index (χ4v) is 4.35. The number of rotatable bonds is 3. The van der Waals surface area contributed by atoms with E-state index in [2.05, 4.69) is 43.4 Å². The number of anilines is 1. The van der Waals surface area contributed by atoms with Gasteiger partial charge < -0.3 is 14.3 Å². The van der Waals surface area contributed by atoms with Crippen molar-refractivity contribution in [3.05, 3.63) is 53.0 Å². The summed E-state index contributed by atoms with van der Waals surface area (Å²) in [5.41, 5.74) is 7.82. The summed E-state index contributed by atoms with van der Waals surface area (Å²) < 4.78 is 15.8. The van der Waals surface area contributed by atoms with Gasteiger partial charge in [0, 0.05) is 37.1 Å². The molecule has 0 saturated carbocycles. The molecule has 2 aromatic carbocycles. The average molecular weight is 350 g/mol. The molecule has 3 nitrogen and oxygen atoms in total. The van der Waals surface area contributed by atoms with Crippen LogP contribution in [0.4, 0.5) is 10.1 Å². The van der Waals surface area contributed by atoms with Crippen molar-refractivity contribution in [3.63, 3.8) is 0 Å². The van der Waals surface area contributed by atoms with Crippen LogP contribution in [0.15, 0.2) is 30.3 Å². The first-order chi connectivity index (χ1) is 12.4. The second-order valence-corrected chi connectivity index (χ2v) is 7.32. The molecular formula is C22H23FN2O. The van der Waals surface area contributed by atoms with E-state index in [1.54, 1.807) is 0 Å². The Morgan fingerprint density at radius 1 is 1.23 bits per heavy atom. The Bertz CT molecular complexity index is 1020. The molecule has 26 heavy (non-hydrogen) atoms. The number of carbonyl (C=O) groups is 1. The van der Waals surface area contributed by atoms with Crippen molar-refractivity contribution in [1.29, 1.82) is 0 Å². The maximum Gasteiger partial charge on any atom is 0.124 e. The Morgan fingerprint density at radius 2 is 1.92 bits per heavy atom. The SMILES string of the molecule is Cc1c(CC=O)c(-c2ccc(F)cc2)c2cc(C)n3c2c1N(C)C(C)C3. The second-order valence-electron chi connectivity index (χ2n) is 7.32. The Morgan fingerprint density at radius 3 is 2.58 bits per heavy atom. The summed E-state index contributed by atoms with van der Waals surface area (Å²) in [4.78, 5) is 13.8. The number of carbonyl (C=O) groups excluding carboxylic acids is 1. The summed E-state index contributed by atoms with van der Waals surface area (Å²) in [6.45, 7) is 7.39. The van der Waals surface area contributed by atoms with E-state index in [1.807, 2.05) is 12.1 Å². The van der Waals surface area contributed by atoms with Crippen LogP contribution >= 0.6 is 0 Å². The molecule has 0 spiro atoms. The highest BCUT2D eigenvalue weighted by Crippen LogP contribution is 2.45. The Labute approximate surface area is 153 Å². The van der Waals surface area contributed by atoms with Crippen molar-refractivity contribution in [2.45, 2.75) is 39.8 Å². The summed E-state index contributed by atoms with van der Waals surface area (Å²) in [5, 5.41) is 1.14. The van der Waals surface area contributed by atoms with E-state index in [4.69, 9.17) is 0 Å². The van der Waals surface area contributed by atoms with Gasteiger partial charge in [-0.3, -0.25) is 0 Å². The summed E-state index contributed by atoms with van der Waals surface area (Å²) in [5.74, 6) is -0.251. The standard InChI is InChI=1S/C22H23FN2O/c1-13-11-19-20(16-5-7-17(23)8-6-16)18(9-10-26)15(3)21-22(19)25(13)12-14(2)24(21)4/h5-8,10-11,14H,9,12H2,1-4H3. The van der Waals surface area contributed by atoms with Gasteiger partial charge >= 0.3 is 0 Å². The Kier molecular flexibility index (Phi) is 3.87.